The van der Waals surface area contributed by atoms with E-state index in [4.69, 9.17) is 5.73 Å². The number of nitrogen functional groups attached to an aromatic ring is 1. The van der Waals surface area contributed by atoms with Crippen LogP contribution in [0.15, 0.2) is 36.4 Å². The third-order valence-electron chi connectivity index (χ3n) is 3.75. The number of nitrogens with two attached hydrogens (primary N) is 1. The predicted molar refractivity (Wildman–Crippen MR) is 81.9 cm³/mol. The molecule has 1 saturated heterocycles. The van der Waals surface area contributed by atoms with E-state index in [1.807, 2.05) is 36.4 Å². The van der Waals surface area contributed by atoms with E-state index in [9.17, 15) is 9.59 Å². The summed E-state index contributed by atoms with van der Waals surface area (Å²) in [6.45, 7) is 1.42. The number of hydrogen-bond acceptors (Lipinski definition) is 3. The number of anilines is 1. The van der Waals surface area contributed by atoms with Gasteiger partial charge in [-0.1, -0.05) is 24.3 Å². The maximum atomic E-state index is 12.6. The summed E-state index contributed by atoms with van der Waals surface area (Å²) in [6.07, 6.45) is 0.333. The molecule has 21 heavy (non-hydrogen) atoms. The molecule has 0 aliphatic carbocycles. The molecule has 5 nitrogen and oxygen atoms in total. The summed E-state index contributed by atoms with van der Waals surface area (Å²) in [5.41, 5.74) is 7.01. The molecular formula is C16H17N3O2. The topological polar surface area (TPSA) is 75.4 Å². The van der Waals surface area contributed by atoms with Gasteiger partial charge in [0.2, 0.25) is 5.91 Å². The van der Waals surface area contributed by atoms with E-state index in [0.717, 1.165) is 10.8 Å². The van der Waals surface area contributed by atoms with E-state index in [0.29, 0.717) is 37.3 Å². The average molecular weight is 283 g/mol. The van der Waals surface area contributed by atoms with E-state index in [2.05, 4.69) is 5.32 Å². The first-order chi connectivity index (χ1) is 10.1. The number of carbonyl (C=O) groups is 2. The lowest BCUT2D eigenvalue weighted by molar-refractivity contribution is -0.120. The smallest absolute Gasteiger partial charge is 0.256 e. The van der Waals surface area contributed by atoms with Crippen molar-refractivity contribution in [3.63, 3.8) is 0 Å². The molecule has 1 fully saturated rings. The van der Waals surface area contributed by atoms with Gasteiger partial charge in [-0.25, -0.2) is 0 Å². The van der Waals surface area contributed by atoms with Crippen molar-refractivity contribution in [2.45, 2.75) is 6.42 Å². The number of amides is 2. The second-order valence-corrected chi connectivity index (χ2v) is 5.18. The second kappa shape index (κ2) is 5.44. The van der Waals surface area contributed by atoms with Gasteiger partial charge in [-0.3, -0.25) is 9.59 Å². The molecule has 0 spiro atoms. The van der Waals surface area contributed by atoms with Gasteiger partial charge in [-0.15, -0.1) is 0 Å². The minimum absolute atomic E-state index is 0.0169. The van der Waals surface area contributed by atoms with Crippen molar-refractivity contribution < 1.29 is 9.59 Å². The highest BCUT2D eigenvalue weighted by atomic mass is 16.2. The molecular weight excluding hydrogens is 266 g/mol. The van der Waals surface area contributed by atoms with Gasteiger partial charge in [0.05, 0.1) is 5.56 Å². The molecule has 2 amide bonds. The van der Waals surface area contributed by atoms with Crippen molar-refractivity contribution in [3.05, 3.63) is 42.0 Å². The fourth-order valence-corrected chi connectivity index (χ4v) is 2.58. The van der Waals surface area contributed by atoms with Crippen LogP contribution in [0.4, 0.5) is 5.69 Å². The van der Waals surface area contributed by atoms with Crippen molar-refractivity contribution in [2.24, 2.45) is 0 Å². The van der Waals surface area contributed by atoms with Gasteiger partial charge in [0.15, 0.2) is 0 Å². The SMILES string of the molecule is Nc1cc2ccccc2cc1C(=O)N1CCNC(=O)CC1. The Bertz CT molecular complexity index is 712. The van der Waals surface area contributed by atoms with Crippen LogP contribution in [-0.2, 0) is 4.79 Å². The van der Waals surface area contributed by atoms with Crippen molar-refractivity contribution in [3.8, 4) is 0 Å². The third-order valence-corrected chi connectivity index (χ3v) is 3.75. The van der Waals surface area contributed by atoms with Gasteiger partial charge in [0, 0.05) is 31.7 Å². The Morgan fingerprint density at radius 3 is 2.62 bits per heavy atom. The molecule has 1 heterocycles. The predicted octanol–water partition coefficient (Wildman–Crippen LogP) is 1.38. The zero-order valence-electron chi connectivity index (χ0n) is 11.6. The summed E-state index contributed by atoms with van der Waals surface area (Å²) >= 11 is 0. The van der Waals surface area contributed by atoms with Crippen LogP contribution in [0, 0.1) is 0 Å². The van der Waals surface area contributed by atoms with E-state index in [-0.39, 0.29) is 11.8 Å². The minimum Gasteiger partial charge on any atom is -0.398 e. The summed E-state index contributed by atoms with van der Waals surface area (Å²) in [5.74, 6) is -0.133. The van der Waals surface area contributed by atoms with Crippen molar-refractivity contribution in [1.82, 2.24) is 10.2 Å². The Morgan fingerprint density at radius 2 is 1.86 bits per heavy atom. The van der Waals surface area contributed by atoms with E-state index < -0.39 is 0 Å². The third kappa shape index (κ3) is 2.67. The molecule has 2 aromatic rings. The number of rotatable bonds is 1. The first-order valence-corrected chi connectivity index (χ1v) is 6.99. The molecule has 0 aromatic heterocycles. The minimum atomic E-state index is -0.116. The molecule has 1 aliphatic rings. The van der Waals surface area contributed by atoms with E-state index >= 15 is 0 Å². The normalized spacial score (nSPS) is 15.6. The highest BCUT2D eigenvalue weighted by molar-refractivity contribution is 6.04. The molecule has 3 rings (SSSR count). The maximum absolute atomic E-state index is 12.6. The molecule has 0 bridgehead atoms. The van der Waals surface area contributed by atoms with Gasteiger partial charge in [-0.05, 0) is 22.9 Å². The molecule has 0 unspecified atom stereocenters. The zero-order valence-corrected chi connectivity index (χ0v) is 11.6. The van der Waals surface area contributed by atoms with Crippen molar-refractivity contribution in [1.29, 1.82) is 0 Å². The Hall–Kier alpha value is -2.56. The average Bonchev–Trinajstić information content (AvgIpc) is 2.70. The van der Waals surface area contributed by atoms with Gasteiger partial charge in [0.25, 0.3) is 5.91 Å². The lowest BCUT2D eigenvalue weighted by Crippen LogP contribution is -2.34. The Kier molecular flexibility index (Phi) is 3.48. The zero-order chi connectivity index (χ0) is 14.8. The van der Waals surface area contributed by atoms with E-state index in [1.165, 1.54) is 0 Å². The highest BCUT2D eigenvalue weighted by Gasteiger charge is 2.21. The van der Waals surface area contributed by atoms with E-state index in [1.54, 1.807) is 4.90 Å². The van der Waals surface area contributed by atoms with Gasteiger partial charge >= 0.3 is 0 Å². The molecule has 2 aromatic carbocycles. The van der Waals surface area contributed by atoms with Gasteiger partial charge < -0.3 is 16.0 Å². The Balaban J connectivity index is 1.93. The molecule has 3 N–H and O–H groups in total. The molecule has 5 heteroatoms. The molecule has 0 saturated carbocycles. The standard InChI is InChI=1S/C16H17N3O2/c17-14-10-12-4-2-1-3-11(12)9-13(14)16(21)19-7-5-15(20)18-6-8-19/h1-4,9-10H,5-8,17H2,(H,18,20). The second-order valence-electron chi connectivity index (χ2n) is 5.18. The number of carbonyl (C=O) groups excluding carboxylic acids is 2. The summed E-state index contributed by atoms with van der Waals surface area (Å²) in [4.78, 5) is 25.7. The van der Waals surface area contributed by atoms with Crippen LogP contribution in [0.5, 0.6) is 0 Å². The first-order valence-electron chi connectivity index (χ1n) is 6.99. The van der Waals surface area contributed by atoms with Crippen LogP contribution >= 0.6 is 0 Å². The van der Waals surface area contributed by atoms with Crippen molar-refractivity contribution >= 4 is 28.3 Å². The first kappa shape index (κ1) is 13.4. The number of benzene rings is 2. The van der Waals surface area contributed by atoms with Gasteiger partial charge in [-0.2, -0.15) is 0 Å². The molecule has 108 valence electrons. The Labute approximate surface area is 122 Å². The summed E-state index contributed by atoms with van der Waals surface area (Å²) in [5, 5.41) is 4.76. The van der Waals surface area contributed by atoms with Crippen LogP contribution in [0.1, 0.15) is 16.8 Å². The molecule has 0 radical (unpaired) electrons. The van der Waals surface area contributed by atoms with Crippen LogP contribution in [-0.4, -0.2) is 36.3 Å². The number of nitrogens with zero attached hydrogens (tertiary/aromatic N) is 1. The largest absolute Gasteiger partial charge is 0.398 e. The lowest BCUT2D eigenvalue weighted by atomic mass is 10.0. The number of nitrogens with one attached hydrogen (secondary N) is 1. The molecule has 0 atom stereocenters. The Morgan fingerprint density at radius 1 is 1.14 bits per heavy atom. The summed E-state index contributed by atoms with van der Waals surface area (Å²) < 4.78 is 0. The highest BCUT2D eigenvalue weighted by Crippen LogP contribution is 2.23. The summed E-state index contributed by atoms with van der Waals surface area (Å²) in [7, 11) is 0. The summed E-state index contributed by atoms with van der Waals surface area (Å²) in [6, 6.07) is 11.4. The quantitative estimate of drug-likeness (QED) is 0.776. The maximum Gasteiger partial charge on any atom is 0.256 e. The monoisotopic (exact) mass is 283 g/mol. The molecule has 1 aliphatic heterocycles. The van der Waals surface area contributed by atoms with Crippen LogP contribution < -0.4 is 11.1 Å². The van der Waals surface area contributed by atoms with Gasteiger partial charge in [0.1, 0.15) is 0 Å². The number of fused-ring (bicyclic) bond motifs is 1. The fraction of sp³-hybridized carbons (Fsp3) is 0.250. The van der Waals surface area contributed by atoms with Crippen LogP contribution in [0.25, 0.3) is 10.8 Å². The van der Waals surface area contributed by atoms with Crippen molar-refractivity contribution in [2.75, 3.05) is 25.4 Å². The number of hydrogen-bond donors (Lipinski definition) is 2. The van der Waals surface area contributed by atoms with Crippen LogP contribution in [0.2, 0.25) is 0 Å². The fourth-order valence-electron chi connectivity index (χ4n) is 2.58. The lowest BCUT2D eigenvalue weighted by Gasteiger charge is -2.20. The van der Waals surface area contributed by atoms with Crippen LogP contribution in [0.3, 0.4) is 0 Å².